The van der Waals surface area contributed by atoms with Crippen molar-refractivity contribution in [1.82, 2.24) is 5.32 Å². The number of Topliss-reactive ketones (excluding diaryl/α,β-unsaturated/α-hetero) is 2. The molecule has 0 fully saturated rings. The Hall–Kier alpha value is -3.81. The summed E-state index contributed by atoms with van der Waals surface area (Å²) in [5, 5.41) is 2.86. The van der Waals surface area contributed by atoms with E-state index in [1.54, 1.807) is 6.07 Å². The van der Waals surface area contributed by atoms with E-state index < -0.39 is 28.6 Å². The first-order valence-electron chi connectivity index (χ1n) is 12.4. The number of carbonyl (C=O) groups is 3. The van der Waals surface area contributed by atoms with E-state index in [9.17, 15) is 14.4 Å². The molecule has 7 heteroatoms. The van der Waals surface area contributed by atoms with E-state index >= 15 is 0 Å². The molecule has 0 aliphatic carbocycles. The molecule has 1 unspecified atom stereocenters. The van der Waals surface area contributed by atoms with Crippen LogP contribution in [0.15, 0.2) is 72.8 Å². The summed E-state index contributed by atoms with van der Waals surface area (Å²) < 4.78 is 0. The number of nitrogen functional groups attached to an aromatic ring is 1. The predicted octanol–water partition coefficient (Wildman–Crippen LogP) is 3.89. The zero-order valence-electron chi connectivity index (χ0n) is 21.9. The Morgan fingerprint density at radius 2 is 1.43 bits per heavy atom. The molecule has 7 nitrogen and oxygen atoms in total. The molecule has 0 aliphatic heterocycles. The highest BCUT2D eigenvalue weighted by Gasteiger charge is 2.47. The van der Waals surface area contributed by atoms with Gasteiger partial charge in [-0.3, -0.25) is 14.4 Å². The van der Waals surface area contributed by atoms with E-state index in [1.165, 1.54) is 19.9 Å². The minimum atomic E-state index is -1.94. The van der Waals surface area contributed by atoms with Crippen LogP contribution in [0.25, 0.3) is 11.1 Å². The Bertz CT molecular complexity index is 1280. The van der Waals surface area contributed by atoms with Crippen LogP contribution < -0.4 is 22.5 Å². The maximum Gasteiger partial charge on any atom is 0.254 e. The molecule has 0 radical (unpaired) electrons. The van der Waals surface area contributed by atoms with Crippen molar-refractivity contribution in [2.45, 2.75) is 57.7 Å². The first-order valence-corrected chi connectivity index (χ1v) is 12.4. The zero-order valence-corrected chi connectivity index (χ0v) is 21.9. The highest BCUT2D eigenvalue weighted by molar-refractivity contribution is 6.23. The minimum Gasteiger partial charge on any atom is -0.397 e. The SMILES string of the molecule is CC(C)NC(=O)c1c(-c2ccccc2)ccc(C(=O)C(N)(CCc2ccccc2)C(=O)C(C)(C)N)c1N. The standard InChI is InChI=1S/C30H36N4O3/c1-19(2)34-27(36)24-22(21-13-9-6-10-14-21)15-16-23(25(24)31)26(35)30(33,28(37)29(3,4)32)18-17-20-11-7-5-8-12-20/h5-16,19H,17-18,31-33H2,1-4H3,(H,34,36). The summed E-state index contributed by atoms with van der Waals surface area (Å²) in [6, 6.07) is 21.8. The van der Waals surface area contributed by atoms with Crippen molar-refractivity contribution in [2.24, 2.45) is 11.5 Å². The number of ketones is 2. The Labute approximate surface area is 218 Å². The molecule has 1 atom stereocenters. The molecule has 37 heavy (non-hydrogen) atoms. The average molecular weight is 501 g/mol. The summed E-state index contributed by atoms with van der Waals surface area (Å²) in [5.74, 6) is -1.68. The van der Waals surface area contributed by atoms with Crippen LogP contribution in [-0.2, 0) is 11.2 Å². The summed E-state index contributed by atoms with van der Waals surface area (Å²) in [7, 11) is 0. The fourth-order valence-corrected chi connectivity index (χ4v) is 4.39. The highest BCUT2D eigenvalue weighted by atomic mass is 16.2. The van der Waals surface area contributed by atoms with Gasteiger partial charge >= 0.3 is 0 Å². The van der Waals surface area contributed by atoms with Crippen LogP contribution in [0.5, 0.6) is 0 Å². The van der Waals surface area contributed by atoms with Crippen molar-refractivity contribution in [3.8, 4) is 11.1 Å². The number of hydrogen-bond donors (Lipinski definition) is 4. The van der Waals surface area contributed by atoms with Gasteiger partial charge in [0.05, 0.1) is 16.8 Å². The van der Waals surface area contributed by atoms with Gasteiger partial charge in [0, 0.05) is 11.6 Å². The monoisotopic (exact) mass is 500 g/mol. The van der Waals surface area contributed by atoms with Crippen LogP contribution in [-0.4, -0.2) is 34.6 Å². The number of anilines is 1. The fourth-order valence-electron chi connectivity index (χ4n) is 4.39. The lowest BCUT2D eigenvalue weighted by atomic mass is 9.74. The van der Waals surface area contributed by atoms with E-state index in [2.05, 4.69) is 5.32 Å². The topological polar surface area (TPSA) is 141 Å². The van der Waals surface area contributed by atoms with Gasteiger partial charge in [0.25, 0.3) is 5.91 Å². The Kier molecular flexibility index (Phi) is 8.31. The van der Waals surface area contributed by atoms with E-state index in [1.807, 2.05) is 74.5 Å². The third kappa shape index (κ3) is 6.13. The van der Waals surface area contributed by atoms with Gasteiger partial charge in [0.15, 0.2) is 11.6 Å². The van der Waals surface area contributed by atoms with Crippen LogP contribution in [0.3, 0.4) is 0 Å². The highest BCUT2D eigenvalue weighted by Crippen LogP contribution is 2.33. The molecule has 0 aromatic heterocycles. The lowest BCUT2D eigenvalue weighted by Crippen LogP contribution is -2.64. The van der Waals surface area contributed by atoms with Crippen LogP contribution in [0, 0.1) is 0 Å². The minimum absolute atomic E-state index is 0.0155. The number of benzene rings is 3. The molecule has 7 N–H and O–H groups in total. The zero-order chi connectivity index (χ0) is 27.4. The summed E-state index contributed by atoms with van der Waals surface area (Å²) >= 11 is 0. The molecule has 1 amide bonds. The fraction of sp³-hybridized carbons (Fsp3) is 0.300. The maximum atomic E-state index is 14.0. The number of nitrogens with one attached hydrogen (secondary N) is 1. The van der Waals surface area contributed by atoms with Crippen LogP contribution in [0.2, 0.25) is 0 Å². The first kappa shape index (κ1) is 27.8. The second-order valence-electron chi connectivity index (χ2n) is 10.3. The molecule has 0 aliphatic rings. The molecular formula is C30H36N4O3. The summed E-state index contributed by atoms with van der Waals surface area (Å²) in [6.07, 6.45) is 0.413. The van der Waals surface area contributed by atoms with Gasteiger partial charge in [0.2, 0.25) is 0 Å². The molecule has 3 aromatic rings. The summed E-state index contributed by atoms with van der Waals surface area (Å²) in [4.78, 5) is 40.8. The van der Waals surface area contributed by atoms with Gasteiger partial charge < -0.3 is 22.5 Å². The van der Waals surface area contributed by atoms with Gasteiger partial charge in [-0.05, 0) is 63.3 Å². The van der Waals surface area contributed by atoms with Gasteiger partial charge in [0.1, 0.15) is 5.54 Å². The quantitative estimate of drug-likeness (QED) is 0.189. The Morgan fingerprint density at radius 1 is 0.865 bits per heavy atom. The van der Waals surface area contributed by atoms with Crippen LogP contribution in [0.4, 0.5) is 5.69 Å². The number of aryl methyl sites for hydroxylation is 1. The predicted molar refractivity (Wildman–Crippen MR) is 148 cm³/mol. The largest absolute Gasteiger partial charge is 0.397 e. The lowest BCUT2D eigenvalue weighted by Gasteiger charge is -2.33. The van der Waals surface area contributed by atoms with Crippen molar-refractivity contribution >= 4 is 23.2 Å². The smallest absolute Gasteiger partial charge is 0.254 e. The third-order valence-corrected chi connectivity index (χ3v) is 6.27. The number of carbonyl (C=O) groups excluding carboxylic acids is 3. The van der Waals surface area contributed by atoms with Crippen molar-refractivity contribution in [3.63, 3.8) is 0 Å². The third-order valence-electron chi connectivity index (χ3n) is 6.27. The van der Waals surface area contributed by atoms with Crippen molar-refractivity contribution < 1.29 is 14.4 Å². The average Bonchev–Trinajstić information content (AvgIpc) is 2.86. The second-order valence-corrected chi connectivity index (χ2v) is 10.3. The van der Waals surface area contributed by atoms with Gasteiger partial charge in [-0.1, -0.05) is 66.7 Å². The Balaban J connectivity index is 2.15. The number of rotatable bonds is 10. The molecular weight excluding hydrogens is 464 g/mol. The van der Waals surface area contributed by atoms with Gasteiger partial charge in [-0.25, -0.2) is 0 Å². The van der Waals surface area contributed by atoms with E-state index in [4.69, 9.17) is 17.2 Å². The molecule has 3 rings (SSSR count). The normalized spacial score (nSPS) is 13.2. The molecule has 0 spiro atoms. The van der Waals surface area contributed by atoms with Crippen LogP contribution >= 0.6 is 0 Å². The van der Waals surface area contributed by atoms with Gasteiger partial charge in [-0.2, -0.15) is 0 Å². The van der Waals surface area contributed by atoms with E-state index in [0.29, 0.717) is 12.0 Å². The lowest BCUT2D eigenvalue weighted by molar-refractivity contribution is -0.127. The van der Waals surface area contributed by atoms with Crippen LogP contribution in [0.1, 0.15) is 60.4 Å². The molecule has 0 heterocycles. The molecule has 0 saturated heterocycles. The Morgan fingerprint density at radius 3 is 1.97 bits per heavy atom. The van der Waals surface area contributed by atoms with E-state index in [-0.39, 0.29) is 29.3 Å². The second kappa shape index (κ2) is 11.1. The molecule has 0 bridgehead atoms. The van der Waals surface area contributed by atoms with Gasteiger partial charge in [-0.15, -0.1) is 0 Å². The summed E-state index contributed by atoms with van der Waals surface area (Å²) in [6.45, 7) is 6.72. The number of nitrogens with two attached hydrogens (primary N) is 3. The summed E-state index contributed by atoms with van der Waals surface area (Å²) in [5.41, 5.74) is 18.4. The first-order chi connectivity index (χ1) is 17.4. The number of hydrogen-bond acceptors (Lipinski definition) is 6. The van der Waals surface area contributed by atoms with E-state index in [0.717, 1.165) is 11.1 Å². The molecule has 3 aromatic carbocycles. The number of amides is 1. The van der Waals surface area contributed by atoms with Crippen molar-refractivity contribution in [1.29, 1.82) is 0 Å². The van der Waals surface area contributed by atoms with Crippen molar-refractivity contribution in [2.75, 3.05) is 5.73 Å². The molecule has 0 saturated carbocycles. The maximum absolute atomic E-state index is 14.0. The molecule has 194 valence electrons. The van der Waals surface area contributed by atoms with Crippen molar-refractivity contribution in [3.05, 3.63) is 89.5 Å².